The SMILES string of the molecule is CCCCCCn1c(O)c(C#N)c(C)c(N=Nc2ccc(C(=O)N(CCCC)CCCC)cc2)c1=O. The van der Waals surface area contributed by atoms with Crippen molar-refractivity contribution in [3.8, 4) is 11.9 Å². The number of unbranched alkanes of at least 4 members (excludes halogenated alkanes) is 5. The third kappa shape index (κ3) is 7.51. The van der Waals surface area contributed by atoms with E-state index in [1.165, 1.54) is 4.57 Å². The lowest BCUT2D eigenvalue weighted by Crippen LogP contribution is -2.32. The summed E-state index contributed by atoms with van der Waals surface area (Å²) in [5.74, 6) is -0.326. The Morgan fingerprint density at radius 1 is 0.972 bits per heavy atom. The monoisotopic (exact) mass is 493 g/mol. The number of nitrogens with zero attached hydrogens (tertiary/aromatic N) is 5. The maximum atomic E-state index is 13.0. The van der Waals surface area contributed by atoms with E-state index in [4.69, 9.17) is 0 Å². The summed E-state index contributed by atoms with van der Waals surface area (Å²) in [6.45, 7) is 9.69. The Hall–Kier alpha value is -3.47. The molecule has 1 N–H and O–H groups in total. The molecule has 1 aromatic heterocycles. The lowest BCUT2D eigenvalue weighted by Gasteiger charge is -2.22. The predicted molar refractivity (Wildman–Crippen MR) is 142 cm³/mol. The van der Waals surface area contributed by atoms with Crippen LogP contribution < -0.4 is 5.56 Å². The average molecular weight is 494 g/mol. The van der Waals surface area contributed by atoms with Crippen LogP contribution in [0.3, 0.4) is 0 Å². The quantitative estimate of drug-likeness (QED) is 0.231. The van der Waals surface area contributed by atoms with Gasteiger partial charge in [-0.2, -0.15) is 10.4 Å². The minimum absolute atomic E-state index is 0.000566. The molecule has 0 saturated heterocycles. The maximum absolute atomic E-state index is 13.0. The Balaban J connectivity index is 2.28. The van der Waals surface area contributed by atoms with E-state index in [0.717, 1.165) is 64.5 Å². The number of benzene rings is 1. The number of aromatic hydroxyl groups is 1. The van der Waals surface area contributed by atoms with Crippen LogP contribution >= 0.6 is 0 Å². The normalized spacial score (nSPS) is 11.1. The van der Waals surface area contributed by atoms with E-state index in [-0.39, 0.29) is 23.0 Å². The van der Waals surface area contributed by atoms with Crippen LogP contribution in [0.25, 0.3) is 0 Å². The van der Waals surface area contributed by atoms with Crippen molar-refractivity contribution < 1.29 is 9.90 Å². The van der Waals surface area contributed by atoms with E-state index in [9.17, 15) is 20.0 Å². The van der Waals surface area contributed by atoms with Gasteiger partial charge in [-0.1, -0.05) is 52.9 Å². The van der Waals surface area contributed by atoms with Gasteiger partial charge in [-0.3, -0.25) is 14.2 Å². The summed E-state index contributed by atoms with van der Waals surface area (Å²) in [6, 6.07) is 8.80. The van der Waals surface area contributed by atoms with E-state index in [1.807, 2.05) is 11.0 Å². The first kappa shape index (κ1) is 28.8. The summed E-state index contributed by atoms with van der Waals surface area (Å²) >= 11 is 0. The molecule has 0 unspecified atom stereocenters. The van der Waals surface area contributed by atoms with E-state index in [2.05, 4.69) is 31.0 Å². The Labute approximate surface area is 214 Å². The van der Waals surface area contributed by atoms with Crippen molar-refractivity contribution in [3.05, 3.63) is 51.3 Å². The van der Waals surface area contributed by atoms with Gasteiger partial charge in [0, 0.05) is 30.8 Å². The number of rotatable bonds is 14. The number of pyridine rings is 1. The Kier molecular flexibility index (Phi) is 11.8. The number of carbonyl (C=O) groups excluding carboxylic acids is 1. The Bertz CT molecular complexity index is 1120. The third-order valence-electron chi connectivity index (χ3n) is 6.23. The Morgan fingerprint density at radius 3 is 2.14 bits per heavy atom. The number of azo groups is 1. The van der Waals surface area contributed by atoms with Crippen LogP contribution in [-0.2, 0) is 6.54 Å². The molecule has 0 spiro atoms. The largest absolute Gasteiger partial charge is 0.493 e. The van der Waals surface area contributed by atoms with Gasteiger partial charge >= 0.3 is 0 Å². The molecule has 0 aliphatic heterocycles. The highest BCUT2D eigenvalue weighted by molar-refractivity contribution is 5.94. The van der Waals surface area contributed by atoms with Crippen molar-refractivity contribution in [2.75, 3.05) is 13.1 Å². The van der Waals surface area contributed by atoms with Crippen molar-refractivity contribution in [1.29, 1.82) is 5.26 Å². The molecule has 0 radical (unpaired) electrons. The standard InChI is InChI=1S/C28H39N5O3/c1-5-8-11-12-19-33-27(35)24(20-29)21(4)25(28(33)36)31-30-23-15-13-22(14-16-23)26(34)32(17-9-6-2)18-10-7-3/h13-16,35H,5-12,17-19H2,1-4H3. The molecule has 1 amide bonds. The zero-order valence-corrected chi connectivity index (χ0v) is 22.1. The first-order valence-electron chi connectivity index (χ1n) is 13.1. The molecule has 0 fully saturated rings. The fourth-order valence-corrected chi connectivity index (χ4v) is 3.94. The van der Waals surface area contributed by atoms with E-state index in [0.29, 0.717) is 23.4 Å². The van der Waals surface area contributed by atoms with E-state index < -0.39 is 5.56 Å². The summed E-state index contributed by atoms with van der Waals surface area (Å²) in [5, 5.41) is 28.4. The van der Waals surface area contributed by atoms with Crippen LogP contribution in [0.2, 0.25) is 0 Å². The molecular weight excluding hydrogens is 454 g/mol. The second kappa shape index (κ2) is 14.8. The highest BCUT2D eigenvalue weighted by atomic mass is 16.3. The van der Waals surface area contributed by atoms with Crippen molar-refractivity contribution in [2.24, 2.45) is 10.2 Å². The molecule has 8 nitrogen and oxygen atoms in total. The maximum Gasteiger partial charge on any atom is 0.281 e. The number of nitriles is 1. The highest BCUT2D eigenvalue weighted by Gasteiger charge is 2.19. The van der Waals surface area contributed by atoms with Crippen LogP contribution in [0.15, 0.2) is 39.3 Å². The summed E-state index contributed by atoms with van der Waals surface area (Å²) < 4.78 is 1.21. The minimum Gasteiger partial charge on any atom is -0.493 e. The van der Waals surface area contributed by atoms with Gasteiger partial charge in [0.2, 0.25) is 5.88 Å². The lowest BCUT2D eigenvalue weighted by atomic mass is 10.1. The molecule has 1 aromatic carbocycles. The van der Waals surface area contributed by atoms with Crippen LogP contribution in [0.4, 0.5) is 11.4 Å². The summed E-state index contributed by atoms with van der Waals surface area (Å²) in [7, 11) is 0. The van der Waals surface area contributed by atoms with Gasteiger partial charge in [0.25, 0.3) is 11.5 Å². The van der Waals surface area contributed by atoms with Gasteiger partial charge < -0.3 is 10.0 Å². The second-order valence-electron chi connectivity index (χ2n) is 9.05. The first-order valence-corrected chi connectivity index (χ1v) is 13.1. The summed E-state index contributed by atoms with van der Waals surface area (Å²) in [6.07, 6.45) is 7.72. The highest BCUT2D eigenvalue weighted by Crippen LogP contribution is 2.27. The molecule has 2 aromatic rings. The van der Waals surface area contributed by atoms with Crippen LogP contribution in [0.1, 0.15) is 93.6 Å². The van der Waals surface area contributed by atoms with Crippen molar-refractivity contribution in [1.82, 2.24) is 9.47 Å². The molecule has 194 valence electrons. The van der Waals surface area contributed by atoms with Crippen LogP contribution in [-0.4, -0.2) is 33.6 Å². The molecular formula is C28H39N5O3. The van der Waals surface area contributed by atoms with Crippen LogP contribution in [0.5, 0.6) is 5.88 Å². The smallest absolute Gasteiger partial charge is 0.281 e. The number of hydrogen-bond donors (Lipinski definition) is 1. The van der Waals surface area contributed by atoms with Crippen molar-refractivity contribution in [2.45, 2.75) is 85.6 Å². The number of aromatic nitrogens is 1. The summed E-state index contributed by atoms with van der Waals surface area (Å²) in [4.78, 5) is 27.9. The molecule has 0 saturated carbocycles. The number of amides is 1. The minimum atomic E-state index is -0.474. The fraction of sp³-hybridized carbons (Fsp3) is 0.536. The number of carbonyl (C=O) groups is 1. The van der Waals surface area contributed by atoms with Gasteiger partial charge in [0.05, 0.1) is 5.69 Å². The van der Waals surface area contributed by atoms with Gasteiger partial charge in [0.15, 0.2) is 5.69 Å². The van der Waals surface area contributed by atoms with E-state index >= 15 is 0 Å². The fourth-order valence-electron chi connectivity index (χ4n) is 3.94. The average Bonchev–Trinajstić information content (AvgIpc) is 2.88. The van der Waals surface area contributed by atoms with Crippen molar-refractivity contribution in [3.63, 3.8) is 0 Å². The summed E-state index contributed by atoms with van der Waals surface area (Å²) in [5.41, 5.74) is 0.953. The third-order valence-corrected chi connectivity index (χ3v) is 6.23. The lowest BCUT2D eigenvalue weighted by molar-refractivity contribution is 0.0751. The van der Waals surface area contributed by atoms with Gasteiger partial charge in [-0.05, 0) is 50.5 Å². The first-order chi connectivity index (χ1) is 17.4. The molecule has 2 rings (SSSR count). The molecule has 1 heterocycles. The van der Waals surface area contributed by atoms with Crippen LogP contribution in [0, 0.1) is 18.3 Å². The molecule has 0 aliphatic rings. The van der Waals surface area contributed by atoms with Crippen molar-refractivity contribution >= 4 is 17.3 Å². The number of hydrogen-bond acceptors (Lipinski definition) is 6. The molecule has 0 aliphatic carbocycles. The van der Waals surface area contributed by atoms with Gasteiger partial charge in [0.1, 0.15) is 11.6 Å². The molecule has 0 atom stereocenters. The zero-order chi connectivity index (χ0) is 26.5. The van der Waals surface area contributed by atoms with Gasteiger partial charge in [-0.15, -0.1) is 5.11 Å². The zero-order valence-electron chi connectivity index (χ0n) is 22.1. The molecule has 8 heteroatoms. The topological polar surface area (TPSA) is 111 Å². The van der Waals surface area contributed by atoms with Gasteiger partial charge in [-0.25, -0.2) is 0 Å². The Morgan fingerprint density at radius 2 is 1.58 bits per heavy atom. The molecule has 36 heavy (non-hydrogen) atoms. The van der Waals surface area contributed by atoms with E-state index in [1.54, 1.807) is 31.2 Å². The predicted octanol–water partition coefficient (Wildman–Crippen LogP) is 6.77. The molecule has 0 bridgehead atoms. The second-order valence-corrected chi connectivity index (χ2v) is 9.05.